The zero-order valence-electron chi connectivity index (χ0n) is 11.7. The number of anilines is 1. The highest BCUT2D eigenvalue weighted by atomic mass is 79.9. The maximum Gasteiger partial charge on any atom is 0.216 e. The fourth-order valence-electron chi connectivity index (χ4n) is 1.96. The van der Waals surface area contributed by atoms with E-state index in [0.717, 1.165) is 15.9 Å². The molecule has 0 aromatic carbocycles. The monoisotopic (exact) mass is 353 g/mol. The molecule has 0 aliphatic heterocycles. The van der Waals surface area contributed by atoms with Gasteiger partial charge < -0.3 is 10.4 Å². The molecule has 0 radical (unpaired) electrons. The van der Waals surface area contributed by atoms with E-state index < -0.39 is 5.95 Å². The Balaban J connectivity index is 2.06. The molecule has 0 fully saturated rings. The average molecular weight is 354 g/mol. The van der Waals surface area contributed by atoms with Crippen molar-refractivity contribution in [1.29, 1.82) is 0 Å². The summed E-state index contributed by atoms with van der Waals surface area (Å²) < 4.78 is 14.6. The molecule has 4 nitrogen and oxygen atoms in total. The standard InChI is InChI=1S/C15H17BrFN3O/c1-10(4-5-21)14-6-13(9-20-15(14)17)19-8-12-3-2-11(16)7-18-12/h2-3,6-7,9-10,19,21H,4-5,8H2,1H3. The SMILES string of the molecule is CC(CCO)c1cc(NCc2ccc(Br)cn2)cnc1F. The third-order valence-electron chi connectivity index (χ3n) is 3.22. The Morgan fingerprint density at radius 3 is 2.81 bits per heavy atom. The first-order valence-electron chi connectivity index (χ1n) is 6.70. The fourth-order valence-corrected chi connectivity index (χ4v) is 2.19. The second kappa shape index (κ2) is 7.47. The van der Waals surface area contributed by atoms with Crippen LogP contribution in [0.5, 0.6) is 0 Å². The first-order valence-corrected chi connectivity index (χ1v) is 7.50. The number of aliphatic hydroxyl groups is 1. The second-order valence-corrected chi connectivity index (χ2v) is 5.75. The van der Waals surface area contributed by atoms with E-state index >= 15 is 0 Å². The van der Waals surface area contributed by atoms with Crippen molar-refractivity contribution in [3.05, 3.63) is 52.3 Å². The summed E-state index contributed by atoms with van der Waals surface area (Å²) in [5, 5.41) is 12.1. The van der Waals surface area contributed by atoms with Gasteiger partial charge in [-0.1, -0.05) is 6.92 Å². The predicted molar refractivity (Wildman–Crippen MR) is 83.6 cm³/mol. The van der Waals surface area contributed by atoms with Gasteiger partial charge in [-0.15, -0.1) is 0 Å². The number of hydrogen-bond donors (Lipinski definition) is 2. The Morgan fingerprint density at radius 1 is 1.33 bits per heavy atom. The van der Waals surface area contributed by atoms with Gasteiger partial charge in [0.05, 0.1) is 24.1 Å². The van der Waals surface area contributed by atoms with E-state index in [1.54, 1.807) is 12.3 Å². The number of nitrogens with zero attached hydrogens (tertiary/aromatic N) is 2. The zero-order valence-corrected chi connectivity index (χ0v) is 13.3. The third kappa shape index (κ3) is 4.47. The summed E-state index contributed by atoms with van der Waals surface area (Å²) in [6.45, 7) is 2.44. The molecule has 0 spiro atoms. The molecule has 1 unspecified atom stereocenters. The maximum absolute atomic E-state index is 13.7. The minimum absolute atomic E-state index is 0.0288. The van der Waals surface area contributed by atoms with Crippen LogP contribution in [0.25, 0.3) is 0 Å². The summed E-state index contributed by atoms with van der Waals surface area (Å²) in [6, 6.07) is 5.56. The van der Waals surface area contributed by atoms with Gasteiger partial charge in [0.2, 0.25) is 5.95 Å². The average Bonchev–Trinajstić information content (AvgIpc) is 2.48. The Bertz CT molecular complexity index is 592. The van der Waals surface area contributed by atoms with Gasteiger partial charge in [-0.3, -0.25) is 4.98 Å². The molecule has 0 saturated heterocycles. The third-order valence-corrected chi connectivity index (χ3v) is 3.69. The molecule has 21 heavy (non-hydrogen) atoms. The number of nitrogens with one attached hydrogen (secondary N) is 1. The quantitative estimate of drug-likeness (QED) is 0.780. The van der Waals surface area contributed by atoms with Gasteiger partial charge in [0, 0.05) is 22.8 Å². The van der Waals surface area contributed by atoms with Crippen molar-refractivity contribution in [2.45, 2.75) is 25.8 Å². The van der Waals surface area contributed by atoms with Crippen LogP contribution in [0.1, 0.15) is 30.5 Å². The molecule has 2 aromatic heterocycles. The summed E-state index contributed by atoms with van der Waals surface area (Å²) in [7, 11) is 0. The molecular weight excluding hydrogens is 337 g/mol. The van der Waals surface area contributed by atoms with Gasteiger partial charge in [0.15, 0.2) is 0 Å². The Labute approximate surface area is 131 Å². The van der Waals surface area contributed by atoms with Crippen molar-refractivity contribution < 1.29 is 9.50 Å². The van der Waals surface area contributed by atoms with Gasteiger partial charge in [0.25, 0.3) is 0 Å². The Hall–Kier alpha value is -1.53. The maximum atomic E-state index is 13.7. The number of aromatic nitrogens is 2. The van der Waals surface area contributed by atoms with Crippen LogP contribution in [0.2, 0.25) is 0 Å². The minimum Gasteiger partial charge on any atom is -0.396 e. The molecule has 0 bridgehead atoms. The summed E-state index contributed by atoms with van der Waals surface area (Å²) in [5.74, 6) is -0.557. The topological polar surface area (TPSA) is 58.0 Å². The lowest BCUT2D eigenvalue weighted by molar-refractivity contribution is 0.277. The van der Waals surface area contributed by atoms with Gasteiger partial charge in [-0.05, 0) is 46.5 Å². The summed E-state index contributed by atoms with van der Waals surface area (Å²) in [5.41, 5.74) is 2.13. The first kappa shape index (κ1) is 15.9. The van der Waals surface area contributed by atoms with E-state index in [1.807, 2.05) is 19.1 Å². The number of hydrogen-bond acceptors (Lipinski definition) is 4. The molecule has 1 atom stereocenters. The van der Waals surface area contributed by atoms with Gasteiger partial charge in [-0.25, -0.2) is 4.98 Å². The first-order chi connectivity index (χ1) is 10.1. The van der Waals surface area contributed by atoms with Crippen molar-refractivity contribution in [2.24, 2.45) is 0 Å². The molecule has 2 heterocycles. The zero-order chi connectivity index (χ0) is 15.2. The highest BCUT2D eigenvalue weighted by Crippen LogP contribution is 2.23. The molecule has 2 rings (SSSR count). The molecule has 6 heteroatoms. The molecular formula is C15H17BrFN3O. The summed E-state index contributed by atoms with van der Waals surface area (Å²) in [6.07, 6.45) is 3.70. The largest absolute Gasteiger partial charge is 0.396 e. The molecule has 112 valence electrons. The van der Waals surface area contributed by atoms with Crippen molar-refractivity contribution >= 4 is 21.6 Å². The van der Waals surface area contributed by atoms with E-state index in [4.69, 9.17) is 5.11 Å². The Morgan fingerprint density at radius 2 is 2.14 bits per heavy atom. The number of pyridine rings is 2. The van der Waals surface area contributed by atoms with E-state index in [9.17, 15) is 4.39 Å². The predicted octanol–water partition coefficient (Wildman–Crippen LogP) is 3.48. The van der Waals surface area contributed by atoms with Crippen LogP contribution in [0.3, 0.4) is 0 Å². The molecule has 0 saturated carbocycles. The van der Waals surface area contributed by atoms with E-state index in [0.29, 0.717) is 18.5 Å². The van der Waals surface area contributed by atoms with Crippen LogP contribution >= 0.6 is 15.9 Å². The molecule has 2 aromatic rings. The van der Waals surface area contributed by atoms with Crippen molar-refractivity contribution in [1.82, 2.24) is 9.97 Å². The summed E-state index contributed by atoms with van der Waals surface area (Å²) >= 11 is 3.33. The molecule has 0 amide bonds. The van der Waals surface area contributed by atoms with E-state index in [-0.39, 0.29) is 12.5 Å². The van der Waals surface area contributed by atoms with Crippen LogP contribution in [-0.4, -0.2) is 21.7 Å². The van der Waals surface area contributed by atoms with E-state index in [2.05, 4.69) is 31.2 Å². The molecule has 0 aliphatic carbocycles. The number of rotatable bonds is 6. The van der Waals surface area contributed by atoms with E-state index in [1.165, 1.54) is 6.20 Å². The lowest BCUT2D eigenvalue weighted by Crippen LogP contribution is -2.06. The highest BCUT2D eigenvalue weighted by Gasteiger charge is 2.12. The van der Waals surface area contributed by atoms with Crippen molar-refractivity contribution in [3.63, 3.8) is 0 Å². The van der Waals surface area contributed by atoms with Gasteiger partial charge >= 0.3 is 0 Å². The molecule has 2 N–H and O–H groups in total. The Kier molecular flexibility index (Phi) is 5.64. The van der Waals surface area contributed by atoms with Crippen LogP contribution in [0, 0.1) is 5.95 Å². The van der Waals surface area contributed by atoms with Crippen LogP contribution < -0.4 is 5.32 Å². The number of halogens is 2. The number of aliphatic hydroxyl groups excluding tert-OH is 1. The van der Waals surface area contributed by atoms with Crippen LogP contribution in [-0.2, 0) is 6.54 Å². The van der Waals surface area contributed by atoms with Gasteiger partial charge in [-0.2, -0.15) is 4.39 Å². The normalized spacial score (nSPS) is 12.2. The summed E-state index contributed by atoms with van der Waals surface area (Å²) in [4.78, 5) is 8.03. The lowest BCUT2D eigenvalue weighted by atomic mass is 9.99. The van der Waals surface area contributed by atoms with Crippen molar-refractivity contribution in [3.8, 4) is 0 Å². The highest BCUT2D eigenvalue weighted by molar-refractivity contribution is 9.10. The lowest BCUT2D eigenvalue weighted by Gasteiger charge is -2.13. The minimum atomic E-state index is -0.483. The second-order valence-electron chi connectivity index (χ2n) is 4.84. The fraction of sp³-hybridized carbons (Fsp3) is 0.333. The smallest absolute Gasteiger partial charge is 0.216 e. The molecule has 0 aliphatic rings. The van der Waals surface area contributed by atoms with Gasteiger partial charge in [0.1, 0.15) is 0 Å². The van der Waals surface area contributed by atoms with Crippen LogP contribution in [0.4, 0.5) is 10.1 Å². The van der Waals surface area contributed by atoms with Crippen LogP contribution in [0.15, 0.2) is 35.1 Å². The van der Waals surface area contributed by atoms with Crippen molar-refractivity contribution in [2.75, 3.05) is 11.9 Å².